The van der Waals surface area contributed by atoms with Gasteiger partial charge in [0.1, 0.15) is 5.56 Å². The van der Waals surface area contributed by atoms with Crippen LogP contribution in [-0.2, 0) is 6.54 Å². The third-order valence-electron chi connectivity index (χ3n) is 3.71. The van der Waals surface area contributed by atoms with Crippen LogP contribution >= 0.6 is 0 Å². The van der Waals surface area contributed by atoms with Crippen molar-refractivity contribution in [2.75, 3.05) is 5.32 Å². The first-order valence-corrected chi connectivity index (χ1v) is 8.13. The van der Waals surface area contributed by atoms with Crippen LogP contribution in [0.2, 0.25) is 0 Å². The SMILES string of the molecule is O=C(Nc1ccccc1OC(F)(F)F)c1c[nH]c(=O)n(Cc2ccccn2)c1=O. The molecular formula is C18H13F3N4O4. The summed E-state index contributed by atoms with van der Waals surface area (Å²) in [6, 6.07) is 9.76. The highest BCUT2D eigenvalue weighted by Gasteiger charge is 2.32. The maximum Gasteiger partial charge on any atom is 0.573 e. The molecule has 0 saturated carbocycles. The summed E-state index contributed by atoms with van der Waals surface area (Å²) in [6.45, 7) is -0.191. The Morgan fingerprint density at radius 3 is 2.55 bits per heavy atom. The van der Waals surface area contributed by atoms with Gasteiger partial charge in [-0.1, -0.05) is 18.2 Å². The van der Waals surface area contributed by atoms with E-state index in [1.807, 2.05) is 0 Å². The lowest BCUT2D eigenvalue weighted by Crippen LogP contribution is -2.39. The van der Waals surface area contributed by atoms with Gasteiger partial charge < -0.3 is 15.0 Å². The number of anilines is 1. The quantitative estimate of drug-likeness (QED) is 0.675. The topological polar surface area (TPSA) is 106 Å². The van der Waals surface area contributed by atoms with Gasteiger partial charge in [0.25, 0.3) is 11.5 Å². The summed E-state index contributed by atoms with van der Waals surface area (Å²) in [6.07, 6.45) is -2.60. The predicted molar refractivity (Wildman–Crippen MR) is 95.7 cm³/mol. The van der Waals surface area contributed by atoms with Crippen molar-refractivity contribution in [2.45, 2.75) is 12.9 Å². The van der Waals surface area contributed by atoms with E-state index >= 15 is 0 Å². The van der Waals surface area contributed by atoms with Crippen molar-refractivity contribution in [1.29, 1.82) is 0 Å². The fourth-order valence-corrected chi connectivity index (χ4v) is 2.44. The number of amides is 1. The second kappa shape index (κ2) is 8.00. The van der Waals surface area contributed by atoms with E-state index in [1.165, 1.54) is 24.4 Å². The highest BCUT2D eigenvalue weighted by atomic mass is 19.4. The van der Waals surface area contributed by atoms with Crippen LogP contribution in [0.3, 0.4) is 0 Å². The Morgan fingerprint density at radius 1 is 1.14 bits per heavy atom. The summed E-state index contributed by atoms with van der Waals surface area (Å²) in [7, 11) is 0. The van der Waals surface area contributed by atoms with Gasteiger partial charge in [-0.25, -0.2) is 4.79 Å². The van der Waals surface area contributed by atoms with Crippen LogP contribution in [0, 0.1) is 0 Å². The molecule has 1 aromatic carbocycles. The van der Waals surface area contributed by atoms with Gasteiger partial charge in [0.15, 0.2) is 5.75 Å². The molecule has 0 fully saturated rings. The number of hydrogen-bond acceptors (Lipinski definition) is 5. The van der Waals surface area contributed by atoms with Crippen molar-refractivity contribution < 1.29 is 22.7 Å². The number of aromatic amines is 1. The van der Waals surface area contributed by atoms with Crippen LogP contribution in [0.15, 0.2) is 64.4 Å². The lowest BCUT2D eigenvalue weighted by molar-refractivity contribution is -0.274. The van der Waals surface area contributed by atoms with Gasteiger partial charge >= 0.3 is 12.1 Å². The van der Waals surface area contributed by atoms with E-state index in [0.717, 1.165) is 16.8 Å². The van der Waals surface area contributed by atoms with Crippen LogP contribution in [0.5, 0.6) is 5.75 Å². The summed E-state index contributed by atoms with van der Waals surface area (Å²) < 4.78 is 42.2. The van der Waals surface area contributed by atoms with Gasteiger partial charge in [-0.05, 0) is 24.3 Å². The Bertz CT molecular complexity index is 1140. The standard InChI is InChI=1S/C18H13F3N4O4/c19-18(20,21)29-14-7-2-1-6-13(14)24-15(26)12-9-23-17(28)25(16(12)27)10-11-5-3-4-8-22-11/h1-9H,10H2,(H,23,28)(H,24,26). The van der Waals surface area contributed by atoms with E-state index in [0.29, 0.717) is 5.69 Å². The number of nitrogens with one attached hydrogen (secondary N) is 2. The molecule has 0 atom stereocenters. The fraction of sp³-hybridized carbons (Fsp3) is 0.111. The van der Waals surface area contributed by atoms with E-state index < -0.39 is 34.8 Å². The number of benzene rings is 1. The maximum atomic E-state index is 12.6. The number of alkyl halides is 3. The van der Waals surface area contributed by atoms with E-state index in [1.54, 1.807) is 18.2 Å². The average molecular weight is 406 g/mol. The monoisotopic (exact) mass is 406 g/mol. The zero-order valence-electron chi connectivity index (χ0n) is 14.6. The first kappa shape index (κ1) is 19.9. The molecule has 2 aromatic heterocycles. The molecule has 0 unspecified atom stereocenters. The normalized spacial score (nSPS) is 11.1. The maximum absolute atomic E-state index is 12.6. The Balaban J connectivity index is 1.91. The van der Waals surface area contributed by atoms with Crippen molar-refractivity contribution in [3.63, 3.8) is 0 Å². The van der Waals surface area contributed by atoms with Crippen LogP contribution in [0.1, 0.15) is 16.1 Å². The van der Waals surface area contributed by atoms with Gasteiger partial charge in [-0.15, -0.1) is 13.2 Å². The van der Waals surface area contributed by atoms with Gasteiger partial charge in [0, 0.05) is 12.4 Å². The minimum Gasteiger partial charge on any atom is -0.404 e. The molecule has 2 heterocycles. The number of carbonyl (C=O) groups is 1. The van der Waals surface area contributed by atoms with Crippen molar-refractivity contribution in [3.8, 4) is 5.75 Å². The Kier molecular flexibility index (Phi) is 5.48. The van der Waals surface area contributed by atoms with Gasteiger partial charge in [-0.3, -0.25) is 19.1 Å². The lowest BCUT2D eigenvalue weighted by Gasteiger charge is -2.14. The summed E-state index contributed by atoms with van der Waals surface area (Å²) >= 11 is 0. The van der Waals surface area contributed by atoms with Gasteiger partial charge in [0.05, 0.1) is 17.9 Å². The molecule has 8 nitrogen and oxygen atoms in total. The summed E-state index contributed by atoms with van der Waals surface area (Å²) in [5.41, 5.74) is -2.05. The molecule has 2 N–H and O–H groups in total. The first-order valence-electron chi connectivity index (χ1n) is 8.13. The number of ether oxygens (including phenoxy) is 1. The highest BCUT2D eigenvalue weighted by molar-refractivity contribution is 6.04. The van der Waals surface area contributed by atoms with E-state index in [4.69, 9.17) is 0 Å². The van der Waals surface area contributed by atoms with Crippen LogP contribution in [0.4, 0.5) is 18.9 Å². The minimum absolute atomic E-state index is 0.191. The number of nitrogens with zero attached hydrogens (tertiary/aromatic N) is 2. The molecule has 0 aliphatic rings. The molecule has 3 aromatic rings. The first-order chi connectivity index (χ1) is 13.7. The Hall–Kier alpha value is -3.89. The second-order valence-electron chi connectivity index (χ2n) is 5.72. The Labute approximate surface area is 160 Å². The number of H-pyrrole nitrogens is 1. The molecule has 11 heteroatoms. The molecule has 150 valence electrons. The molecular weight excluding hydrogens is 393 g/mol. The van der Waals surface area contributed by atoms with Crippen LogP contribution in [-0.4, -0.2) is 26.8 Å². The minimum atomic E-state index is -4.96. The number of pyridine rings is 1. The van der Waals surface area contributed by atoms with Crippen molar-refractivity contribution in [3.05, 3.63) is 87.0 Å². The highest BCUT2D eigenvalue weighted by Crippen LogP contribution is 2.30. The zero-order valence-corrected chi connectivity index (χ0v) is 14.6. The number of rotatable bonds is 5. The van der Waals surface area contributed by atoms with Crippen molar-refractivity contribution >= 4 is 11.6 Å². The third kappa shape index (κ3) is 4.89. The molecule has 1 amide bonds. The molecule has 0 aliphatic heterocycles. The summed E-state index contributed by atoms with van der Waals surface area (Å²) in [5.74, 6) is -1.66. The zero-order chi connectivity index (χ0) is 21.0. The molecule has 0 radical (unpaired) electrons. The predicted octanol–water partition coefficient (Wildman–Crippen LogP) is 2.13. The van der Waals surface area contributed by atoms with E-state index in [9.17, 15) is 27.6 Å². The molecule has 0 bridgehead atoms. The van der Waals surface area contributed by atoms with E-state index in [2.05, 4.69) is 20.0 Å². The second-order valence-corrected chi connectivity index (χ2v) is 5.72. The third-order valence-corrected chi connectivity index (χ3v) is 3.71. The van der Waals surface area contributed by atoms with Crippen LogP contribution in [0.25, 0.3) is 0 Å². The lowest BCUT2D eigenvalue weighted by atomic mass is 10.2. The molecule has 0 saturated heterocycles. The average Bonchev–Trinajstić information content (AvgIpc) is 2.66. The van der Waals surface area contributed by atoms with Crippen LogP contribution < -0.4 is 21.3 Å². The number of hydrogen-bond donors (Lipinski definition) is 2. The smallest absolute Gasteiger partial charge is 0.404 e. The molecule has 0 aliphatic carbocycles. The van der Waals surface area contributed by atoms with Crippen molar-refractivity contribution in [2.24, 2.45) is 0 Å². The Morgan fingerprint density at radius 2 is 1.86 bits per heavy atom. The number of carbonyl (C=O) groups excluding carboxylic acids is 1. The summed E-state index contributed by atoms with van der Waals surface area (Å²) in [4.78, 5) is 43.3. The molecule has 3 rings (SSSR count). The molecule has 0 spiro atoms. The largest absolute Gasteiger partial charge is 0.573 e. The number of halogens is 3. The molecule has 29 heavy (non-hydrogen) atoms. The fourth-order valence-electron chi connectivity index (χ4n) is 2.44. The van der Waals surface area contributed by atoms with Crippen molar-refractivity contribution in [1.82, 2.24) is 14.5 Å². The van der Waals surface area contributed by atoms with Gasteiger partial charge in [-0.2, -0.15) is 0 Å². The van der Waals surface area contributed by atoms with E-state index in [-0.39, 0.29) is 12.2 Å². The number of para-hydroxylation sites is 2. The number of aromatic nitrogens is 3. The van der Waals surface area contributed by atoms with Gasteiger partial charge in [0.2, 0.25) is 0 Å². The summed E-state index contributed by atoms with van der Waals surface area (Å²) in [5, 5.41) is 2.19.